The first-order valence-corrected chi connectivity index (χ1v) is 7.54. The maximum Gasteiger partial charge on any atom is 0.249 e. The Hall–Kier alpha value is -3.35. The Labute approximate surface area is 145 Å². The van der Waals surface area contributed by atoms with Crippen molar-refractivity contribution in [3.63, 3.8) is 0 Å². The van der Waals surface area contributed by atoms with Crippen LogP contribution in [-0.2, 0) is 9.59 Å². The van der Waals surface area contributed by atoms with E-state index in [0.29, 0.717) is 17.0 Å². The Morgan fingerprint density at radius 3 is 2.64 bits per heavy atom. The zero-order valence-electron chi connectivity index (χ0n) is 13.9. The third-order valence-corrected chi connectivity index (χ3v) is 3.38. The van der Waals surface area contributed by atoms with Gasteiger partial charge in [0.2, 0.25) is 11.8 Å². The van der Waals surface area contributed by atoms with Crippen LogP contribution in [0.5, 0.6) is 11.5 Å². The molecule has 0 atom stereocenters. The number of phenolic OH excluding ortho intramolecular Hbond substituents is 1. The molecule has 2 rings (SSSR count). The maximum atomic E-state index is 11.9. The molecule has 0 radical (unpaired) electrons. The lowest BCUT2D eigenvalue weighted by Gasteiger charge is -2.07. The predicted molar refractivity (Wildman–Crippen MR) is 94.8 cm³/mol. The number of phenols is 1. The van der Waals surface area contributed by atoms with E-state index in [-0.39, 0.29) is 12.2 Å². The maximum absolute atomic E-state index is 11.9. The standard InChI is InChI=1S/C18H19N3O4/c1-12-6-3-4-8-14(12)20-16(22)10-17(23)21-19-11-13-7-5-9-15(25-2)18(13)24/h3-9,11,24H,10H2,1-2H3,(H,20,22)(H,21,23). The number of amides is 2. The molecule has 0 saturated heterocycles. The topological polar surface area (TPSA) is 100 Å². The highest BCUT2D eigenvalue weighted by Crippen LogP contribution is 2.27. The molecule has 0 spiro atoms. The van der Waals surface area contributed by atoms with Crippen molar-refractivity contribution >= 4 is 23.7 Å². The highest BCUT2D eigenvalue weighted by atomic mass is 16.5. The van der Waals surface area contributed by atoms with Crippen molar-refractivity contribution in [2.45, 2.75) is 13.3 Å². The van der Waals surface area contributed by atoms with E-state index >= 15 is 0 Å². The Bertz CT molecular complexity index is 803. The molecule has 0 aliphatic carbocycles. The van der Waals surface area contributed by atoms with Crippen molar-refractivity contribution in [2.24, 2.45) is 5.10 Å². The van der Waals surface area contributed by atoms with Gasteiger partial charge in [0.05, 0.1) is 13.3 Å². The van der Waals surface area contributed by atoms with Crippen LogP contribution in [0.4, 0.5) is 5.69 Å². The van der Waals surface area contributed by atoms with Gasteiger partial charge in [0.25, 0.3) is 0 Å². The fraction of sp³-hybridized carbons (Fsp3) is 0.167. The van der Waals surface area contributed by atoms with Gasteiger partial charge in [-0.1, -0.05) is 24.3 Å². The zero-order chi connectivity index (χ0) is 18.2. The first-order valence-electron chi connectivity index (χ1n) is 7.54. The summed E-state index contributed by atoms with van der Waals surface area (Å²) in [4.78, 5) is 23.6. The molecule has 130 valence electrons. The number of carbonyl (C=O) groups is 2. The highest BCUT2D eigenvalue weighted by molar-refractivity contribution is 6.04. The minimum atomic E-state index is -0.565. The Morgan fingerprint density at radius 2 is 1.92 bits per heavy atom. The number of ether oxygens (including phenoxy) is 1. The molecule has 2 aromatic carbocycles. The quantitative estimate of drug-likeness (QED) is 0.426. The van der Waals surface area contributed by atoms with E-state index in [4.69, 9.17) is 4.74 Å². The number of hydrazone groups is 1. The number of methoxy groups -OCH3 is 1. The third-order valence-electron chi connectivity index (χ3n) is 3.38. The summed E-state index contributed by atoms with van der Waals surface area (Å²) >= 11 is 0. The number of anilines is 1. The summed E-state index contributed by atoms with van der Waals surface area (Å²) in [7, 11) is 1.44. The smallest absolute Gasteiger partial charge is 0.249 e. The van der Waals surface area contributed by atoms with E-state index in [9.17, 15) is 14.7 Å². The molecule has 0 unspecified atom stereocenters. The molecule has 2 amide bonds. The minimum Gasteiger partial charge on any atom is -0.504 e. The number of para-hydroxylation sites is 2. The summed E-state index contributed by atoms with van der Waals surface area (Å²) < 4.78 is 4.98. The molecular formula is C18H19N3O4. The van der Waals surface area contributed by atoms with Crippen LogP contribution in [0.2, 0.25) is 0 Å². The number of hydrogen-bond acceptors (Lipinski definition) is 5. The van der Waals surface area contributed by atoms with Gasteiger partial charge in [-0.2, -0.15) is 5.10 Å². The molecule has 0 fully saturated rings. The van der Waals surface area contributed by atoms with E-state index in [2.05, 4.69) is 15.8 Å². The number of nitrogens with zero attached hydrogens (tertiary/aromatic N) is 1. The average Bonchev–Trinajstić information content (AvgIpc) is 2.58. The molecule has 25 heavy (non-hydrogen) atoms. The van der Waals surface area contributed by atoms with Gasteiger partial charge >= 0.3 is 0 Å². The summed E-state index contributed by atoms with van der Waals surface area (Å²) in [6, 6.07) is 12.2. The van der Waals surface area contributed by atoms with E-state index < -0.39 is 11.8 Å². The van der Waals surface area contributed by atoms with Crippen molar-refractivity contribution in [3.05, 3.63) is 53.6 Å². The van der Waals surface area contributed by atoms with Gasteiger partial charge in [-0.25, -0.2) is 5.43 Å². The average molecular weight is 341 g/mol. The van der Waals surface area contributed by atoms with Gasteiger partial charge in [0.15, 0.2) is 11.5 Å². The summed E-state index contributed by atoms with van der Waals surface area (Å²) in [5.74, 6) is -0.788. The second-order valence-corrected chi connectivity index (χ2v) is 5.23. The largest absolute Gasteiger partial charge is 0.504 e. The molecule has 3 N–H and O–H groups in total. The van der Waals surface area contributed by atoms with E-state index in [0.717, 1.165) is 5.56 Å². The lowest BCUT2D eigenvalue weighted by molar-refractivity contribution is -0.126. The van der Waals surface area contributed by atoms with Crippen molar-refractivity contribution < 1.29 is 19.4 Å². The zero-order valence-corrected chi connectivity index (χ0v) is 13.9. The number of aryl methyl sites for hydroxylation is 1. The third kappa shape index (κ3) is 5.07. The van der Waals surface area contributed by atoms with Gasteiger partial charge in [-0.3, -0.25) is 9.59 Å². The number of rotatable bonds is 6. The molecule has 0 saturated carbocycles. The van der Waals surface area contributed by atoms with Crippen molar-refractivity contribution in [2.75, 3.05) is 12.4 Å². The number of aromatic hydroxyl groups is 1. The van der Waals surface area contributed by atoms with Crippen LogP contribution in [0.25, 0.3) is 0 Å². The second kappa shape index (κ2) is 8.49. The van der Waals surface area contributed by atoms with Gasteiger partial charge in [-0.05, 0) is 30.7 Å². The predicted octanol–water partition coefficient (Wildman–Crippen LogP) is 2.19. The molecule has 7 nitrogen and oxygen atoms in total. The SMILES string of the molecule is COc1cccc(C=NNC(=O)CC(=O)Nc2ccccc2C)c1O. The summed E-state index contributed by atoms with van der Waals surface area (Å²) in [5, 5.41) is 16.3. The van der Waals surface area contributed by atoms with Crippen LogP contribution in [0.15, 0.2) is 47.6 Å². The van der Waals surface area contributed by atoms with Crippen LogP contribution >= 0.6 is 0 Å². The minimum absolute atomic E-state index is 0.0831. The van der Waals surface area contributed by atoms with Crippen LogP contribution < -0.4 is 15.5 Å². The molecule has 0 aliphatic heterocycles. The van der Waals surface area contributed by atoms with Gasteiger partial charge in [0.1, 0.15) is 6.42 Å². The fourth-order valence-electron chi connectivity index (χ4n) is 2.07. The molecule has 0 aromatic heterocycles. The van der Waals surface area contributed by atoms with Gasteiger partial charge < -0.3 is 15.2 Å². The second-order valence-electron chi connectivity index (χ2n) is 5.23. The number of benzene rings is 2. The summed E-state index contributed by atoms with van der Waals surface area (Å²) in [5.41, 5.74) is 4.19. The number of nitrogens with one attached hydrogen (secondary N) is 2. The molecule has 0 heterocycles. The Morgan fingerprint density at radius 1 is 1.16 bits per heavy atom. The monoisotopic (exact) mass is 341 g/mol. The molecule has 7 heteroatoms. The Balaban J connectivity index is 1.88. The van der Waals surface area contributed by atoms with Crippen molar-refractivity contribution in [1.82, 2.24) is 5.43 Å². The molecule has 0 aliphatic rings. The molecule has 0 bridgehead atoms. The first-order chi connectivity index (χ1) is 12.0. The van der Waals surface area contributed by atoms with Crippen molar-refractivity contribution in [3.8, 4) is 11.5 Å². The number of hydrogen-bond donors (Lipinski definition) is 3. The first kappa shape index (κ1) is 18.0. The van der Waals surface area contributed by atoms with Crippen molar-refractivity contribution in [1.29, 1.82) is 0 Å². The highest BCUT2D eigenvalue weighted by Gasteiger charge is 2.10. The summed E-state index contributed by atoms with van der Waals surface area (Å²) in [6.07, 6.45) is 0.908. The van der Waals surface area contributed by atoms with Crippen LogP contribution in [0.1, 0.15) is 17.5 Å². The van der Waals surface area contributed by atoms with Crippen LogP contribution in [-0.4, -0.2) is 30.2 Å². The van der Waals surface area contributed by atoms with E-state index in [1.54, 1.807) is 30.3 Å². The Kier molecular flexibility index (Phi) is 6.11. The van der Waals surface area contributed by atoms with E-state index in [1.165, 1.54) is 13.3 Å². The fourth-order valence-corrected chi connectivity index (χ4v) is 2.07. The lowest BCUT2D eigenvalue weighted by Crippen LogP contribution is -2.24. The molecular weight excluding hydrogens is 322 g/mol. The van der Waals surface area contributed by atoms with Gasteiger partial charge in [0, 0.05) is 11.3 Å². The number of carbonyl (C=O) groups excluding carboxylic acids is 2. The van der Waals surface area contributed by atoms with Gasteiger partial charge in [-0.15, -0.1) is 0 Å². The lowest BCUT2D eigenvalue weighted by atomic mass is 10.2. The molecule has 2 aromatic rings. The van der Waals surface area contributed by atoms with Crippen LogP contribution in [0.3, 0.4) is 0 Å². The van der Waals surface area contributed by atoms with E-state index in [1.807, 2.05) is 19.1 Å². The normalized spacial score (nSPS) is 10.5. The van der Waals surface area contributed by atoms with Crippen LogP contribution in [0, 0.1) is 6.92 Å². The summed E-state index contributed by atoms with van der Waals surface area (Å²) in [6.45, 7) is 1.86.